The van der Waals surface area contributed by atoms with Crippen LogP contribution in [0.5, 0.6) is 0 Å². The van der Waals surface area contributed by atoms with Crippen LogP contribution in [0.3, 0.4) is 0 Å². The van der Waals surface area contributed by atoms with E-state index in [9.17, 15) is 24.0 Å². The van der Waals surface area contributed by atoms with Gasteiger partial charge in [0, 0.05) is 6.20 Å². The van der Waals surface area contributed by atoms with Gasteiger partial charge in [-0.2, -0.15) is 0 Å². The molecule has 1 fully saturated rings. The second-order valence-electron chi connectivity index (χ2n) is 7.28. The quantitative estimate of drug-likeness (QED) is 0.518. The summed E-state index contributed by atoms with van der Waals surface area (Å²) in [6, 6.07) is 1.41. The number of rotatable bonds is 5. The SMILES string of the molecule is CC[C@H]1C(=O)OC[C@H](NC(=O)c2ccc[nH]c2=O)C(=O)O[C@@H](C)[C@@H]1OC(=O)C(C)C. The van der Waals surface area contributed by atoms with Crippen LogP contribution in [-0.2, 0) is 28.6 Å². The van der Waals surface area contributed by atoms with E-state index in [0.717, 1.165) is 0 Å². The second kappa shape index (κ2) is 10.0. The van der Waals surface area contributed by atoms with Gasteiger partial charge >= 0.3 is 17.9 Å². The van der Waals surface area contributed by atoms with Crippen molar-refractivity contribution in [1.29, 1.82) is 0 Å². The number of hydrogen-bond donors (Lipinski definition) is 2. The van der Waals surface area contributed by atoms with E-state index in [1.165, 1.54) is 25.3 Å². The Morgan fingerprint density at radius 3 is 2.57 bits per heavy atom. The van der Waals surface area contributed by atoms with Gasteiger partial charge in [-0.15, -0.1) is 0 Å². The van der Waals surface area contributed by atoms with E-state index in [-0.39, 0.29) is 12.0 Å². The van der Waals surface area contributed by atoms with Gasteiger partial charge in [0.25, 0.3) is 11.5 Å². The second-order valence-corrected chi connectivity index (χ2v) is 7.28. The number of cyclic esters (lactones) is 2. The summed E-state index contributed by atoms with van der Waals surface area (Å²) in [5.74, 6) is -4.20. The summed E-state index contributed by atoms with van der Waals surface area (Å²) < 4.78 is 16.0. The van der Waals surface area contributed by atoms with E-state index in [0.29, 0.717) is 0 Å². The third-order valence-corrected chi connectivity index (χ3v) is 4.67. The van der Waals surface area contributed by atoms with Crippen molar-refractivity contribution in [2.24, 2.45) is 11.8 Å². The molecule has 0 unspecified atom stereocenters. The van der Waals surface area contributed by atoms with Gasteiger partial charge in [-0.05, 0) is 25.5 Å². The summed E-state index contributed by atoms with van der Waals surface area (Å²) in [7, 11) is 0. The molecule has 10 heteroatoms. The van der Waals surface area contributed by atoms with E-state index in [4.69, 9.17) is 14.2 Å². The molecule has 4 atom stereocenters. The van der Waals surface area contributed by atoms with E-state index >= 15 is 0 Å². The van der Waals surface area contributed by atoms with Crippen molar-refractivity contribution < 1.29 is 33.4 Å². The molecule has 0 bridgehead atoms. The maximum absolute atomic E-state index is 12.6. The van der Waals surface area contributed by atoms with Crippen LogP contribution < -0.4 is 10.9 Å². The Morgan fingerprint density at radius 2 is 1.97 bits per heavy atom. The summed E-state index contributed by atoms with van der Waals surface area (Å²) in [6.07, 6.45) is -0.351. The van der Waals surface area contributed by atoms with Crippen molar-refractivity contribution in [3.05, 3.63) is 34.2 Å². The smallest absolute Gasteiger partial charge is 0.332 e. The third kappa shape index (κ3) is 5.46. The zero-order chi connectivity index (χ0) is 22.4. The molecule has 1 saturated heterocycles. The predicted molar refractivity (Wildman–Crippen MR) is 103 cm³/mol. The summed E-state index contributed by atoms with van der Waals surface area (Å²) in [6.45, 7) is 6.02. The van der Waals surface area contributed by atoms with Gasteiger partial charge in [0.2, 0.25) is 0 Å². The molecular formula is C20H26N2O8. The molecule has 1 aliphatic heterocycles. The fraction of sp³-hybridized carbons (Fsp3) is 0.550. The molecule has 2 heterocycles. The van der Waals surface area contributed by atoms with Crippen LogP contribution in [-0.4, -0.2) is 53.7 Å². The highest BCUT2D eigenvalue weighted by molar-refractivity contribution is 5.96. The maximum atomic E-state index is 12.6. The average molecular weight is 422 g/mol. The Morgan fingerprint density at radius 1 is 1.27 bits per heavy atom. The van der Waals surface area contributed by atoms with Crippen molar-refractivity contribution in [2.45, 2.75) is 52.4 Å². The van der Waals surface area contributed by atoms with Crippen molar-refractivity contribution in [2.75, 3.05) is 6.61 Å². The number of carbonyl (C=O) groups is 4. The summed E-state index contributed by atoms with van der Waals surface area (Å²) in [5.41, 5.74) is -0.844. The molecule has 0 aliphatic carbocycles. The number of nitrogens with one attached hydrogen (secondary N) is 2. The average Bonchev–Trinajstić information content (AvgIpc) is 2.73. The Hall–Kier alpha value is -3.17. The van der Waals surface area contributed by atoms with Crippen molar-refractivity contribution in [3.63, 3.8) is 0 Å². The molecule has 10 nitrogen and oxygen atoms in total. The summed E-state index contributed by atoms with van der Waals surface area (Å²) >= 11 is 0. The van der Waals surface area contributed by atoms with Crippen molar-refractivity contribution >= 4 is 23.8 Å². The van der Waals surface area contributed by atoms with E-state index in [1.807, 2.05) is 0 Å². The van der Waals surface area contributed by atoms with E-state index in [2.05, 4.69) is 10.3 Å². The molecule has 0 radical (unpaired) electrons. The van der Waals surface area contributed by atoms with Crippen molar-refractivity contribution in [3.8, 4) is 0 Å². The lowest BCUT2D eigenvalue weighted by atomic mass is 9.95. The van der Waals surface area contributed by atoms with Gasteiger partial charge < -0.3 is 24.5 Å². The zero-order valence-corrected chi connectivity index (χ0v) is 17.3. The Labute approximate surface area is 173 Å². The Balaban J connectivity index is 2.24. The van der Waals surface area contributed by atoms with Crippen LogP contribution in [0.1, 0.15) is 44.5 Å². The zero-order valence-electron chi connectivity index (χ0n) is 17.3. The van der Waals surface area contributed by atoms with E-state index < -0.39 is 66.1 Å². The van der Waals surface area contributed by atoms with Gasteiger partial charge in [0.15, 0.2) is 12.1 Å². The predicted octanol–water partition coefficient (Wildman–Crippen LogP) is 0.556. The number of ether oxygens (including phenoxy) is 3. The molecule has 0 spiro atoms. The Kier molecular flexibility index (Phi) is 7.73. The molecule has 164 valence electrons. The van der Waals surface area contributed by atoms with Crippen LogP contribution in [0.2, 0.25) is 0 Å². The minimum absolute atomic E-state index is 0.209. The maximum Gasteiger partial charge on any atom is 0.332 e. The molecular weight excluding hydrogens is 396 g/mol. The lowest BCUT2D eigenvalue weighted by molar-refractivity contribution is -0.176. The van der Waals surface area contributed by atoms with Gasteiger partial charge in [-0.3, -0.25) is 19.2 Å². The molecule has 0 aromatic carbocycles. The van der Waals surface area contributed by atoms with Crippen molar-refractivity contribution in [1.82, 2.24) is 10.3 Å². The normalized spacial score (nSPS) is 24.7. The minimum Gasteiger partial charge on any atom is -0.463 e. The molecule has 2 N–H and O–H groups in total. The molecule has 2 rings (SSSR count). The first kappa shape index (κ1) is 23.1. The van der Waals surface area contributed by atoms with Gasteiger partial charge in [-0.25, -0.2) is 4.79 Å². The molecule has 1 aromatic heterocycles. The first-order valence-corrected chi connectivity index (χ1v) is 9.71. The fourth-order valence-corrected chi connectivity index (χ4v) is 2.92. The standard InChI is InChI=1S/C20H26N2O8/c1-5-12-15(30-18(25)10(2)3)11(4)29-20(27)14(9-28-19(12)26)22-17(24)13-7-6-8-21-16(13)23/h6-8,10-12,14-15H,5,9H2,1-4H3,(H,21,23)(H,22,24)/t11-,12+,14-,15-/m0/s1. The number of hydrogen-bond acceptors (Lipinski definition) is 8. The number of pyridine rings is 1. The fourth-order valence-electron chi connectivity index (χ4n) is 2.92. The number of aromatic nitrogens is 1. The van der Waals surface area contributed by atoms with Crippen LogP contribution >= 0.6 is 0 Å². The minimum atomic E-state index is -1.33. The van der Waals surface area contributed by atoms with Gasteiger partial charge in [0.1, 0.15) is 18.3 Å². The molecule has 0 saturated carbocycles. The van der Waals surface area contributed by atoms with Crippen LogP contribution in [0.15, 0.2) is 23.1 Å². The molecule has 1 aliphatic rings. The number of H-pyrrole nitrogens is 1. The first-order chi connectivity index (χ1) is 14.1. The van der Waals surface area contributed by atoms with E-state index in [1.54, 1.807) is 20.8 Å². The monoisotopic (exact) mass is 422 g/mol. The Bertz CT molecular complexity index is 862. The molecule has 1 amide bonds. The van der Waals surface area contributed by atoms with Gasteiger partial charge in [0.05, 0.1) is 11.8 Å². The van der Waals surface area contributed by atoms with Crippen LogP contribution in [0.4, 0.5) is 0 Å². The largest absolute Gasteiger partial charge is 0.463 e. The number of amides is 1. The number of carbonyl (C=O) groups excluding carboxylic acids is 4. The number of aromatic amines is 1. The van der Waals surface area contributed by atoms with Crippen LogP contribution in [0, 0.1) is 11.8 Å². The topological polar surface area (TPSA) is 141 Å². The highest BCUT2D eigenvalue weighted by atomic mass is 16.6. The third-order valence-electron chi connectivity index (χ3n) is 4.67. The molecule has 30 heavy (non-hydrogen) atoms. The lowest BCUT2D eigenvalue weighted by Crippen LogP contribution is -2.47. The highest BCUT2D eigenvalue weighted by Gasteiger charge is 2.41. The summed E-state index contributed by atoms with van der Waals surface area (Å²) in [4.78, 5) is 63.8. The molecule has 1 aromatic rings. The highest BCUT2D eigenvalue weighted by Crippen LogP contribution is 2.23. The first-order valence-electron chi connectivity index (χ1n) is 9.71. The summed E-state index contributed by atoms with van der Waals surface area (Å²) in [5, 5.41) is 2.35. The van der Waals surface area contributed by atoms with Crippen LogP contribution in [0.25, 0.3) is 0 Å². The van der Waals surface area contributed by atoms with Gasteiger partial charge in [-0.1, -0.05) is 20.8 Å². The lowest BCUT2D eigenvalue weighted by Gasteiger charge is -2.29. The number of esters is 3.